The van der Waals surface area contributed by atoms with Gasteiger partial charge < -0.3 is 10.5 Å². The molecule has 23 heavy (non-hydrogen) atoms. The Balaban J connectivity index is 2.30. The molecule has 0 bridgehead atoms. The molecule has 118 valence electrons. The van der Waals surface area contributed by atoms with E-state index in [-0.39, 0.29) is 22.8 Å². The summed E-state index contributed by atoms with van der Waals surface area (Å²) in [6, 6.07) is 9.99. The van der Waals surface area contributed by atoms with E-state index in [1.807, 2.05) is 0 Å². The summed E-state index contributed by atoms with van der Waals surface area (Å²) in [4.78, 5) is 33.1. The summed E-state index contributed by atoms with van der Waals surface area (Å²) >= 11 is 0. The van der Waals surface area contributed by atoms with Crippen molar-refractivity contribution in [3.8, 4) is 11.5 Å². The molecule has 0 atom stereocenters. The van der Waals surface area contributed by atoms with E-state index < -0.39 is 10.8 Å². The fourth-order valence-corrected chi connectivity index (χ4v) is 1.94. The van der Waals surface area contributed by atoms with E-state index in [1.54, 1.807) is 31.2 Å². The highest BCUT2D eigenvalue weighted by molar-refractivity contribution is 5.96. The molecule has 2 aromatic carbocycles. The number of ether oxygens (including phenoxy) is 1. The number of carbonyl (C=O) groups excluding carboxylic acids is 2. The second kappa shape index (κ2) is 6.69. The lowest BCUT2D eigenvalue weighted by atomic mass is 10.1. The zero-order chi connectivity index (χ0) is 17.0. The first-order valence-corrected chi connectivity index (χ1v) is 6.81. The number of nitrogens with zero attached hydrogens (tertiary/aromatic N) is 1. The molecule has 0 radical (unpaired) electrons. The molecule has 7 nitrogen and oxygen atoms in total. The minimum Gasteiger partial charge on any atom is -0.450 e. The number of Topliss-reactive ketones (excluding diaryl/α,β-unsaturated/α-hetero) is 1. The Kier molecular flexibility index (Phi) is 4.70. The number of amides is 1. The number of ketones is 1. The topological polar surface area (TPSA) is 113 Å². The summed E-state index contributed by atoms with van der Waals surface area (Å²) < 4.78 is 5.47. The highest BCUT2D eigenvalue weighted by Crippen LogP contribution is 2.32. The van der Waals surface area contributed by atoms with Gasteiger partial charge in [0.25, 0.3) is 0 Å². The van der Waals surface area contributed by atoms with Gasteiger partial charge in [0.15, 0.2) is 5.78 Å². The lowest BCUT2D eigenvalue weighted by Crippen LogP contribution is -2.11. The number of nitrogens with two attached hydrogens (primary N) is 1. The molecule has 1 amide bonds. The SMILES string of the molecule is CCC(=O)c1ccc(Oc2ccc(C(N)=O)cc2[N+](=O)[O-])cc1. The van der Waals surface area contributed by atoms with Crippen LogP contribution in [0.15, 0.2) is 42.5 Å². The first-order chi connectivity index (χ1) is 10.9. The smallest absolute Gasteiger partial charge is 0.312 e. The second-order valence-corrected chi connectivity index (χ2v) is 4.71. The Morgan fingerprint density at radius 2 is 1.74 bits per heavy atom. The highest BCUT2D eigenvalue weighted by atomic mass is 16.6. The van der Waals surface area contributed by atoms with Crippen molar-refractivity contribution in [2.75, 3.05) is 0 Å². The molecule has 7 heteroatoms. The number of primary amides is 1. The van der Waals surface area contributed by atoms with E-state index in [9.17, 15) is 19.7 Å². The van der Waals surface area contributed by atoms with E-state index in [4.69, 9.17) is 10.5 Å². The summed E-state index contributed by atoms with van der Waals surface area (Å²) in [6.07, 6.45) is 0.389. The zero-order valence-corrected chi connectivity index (χ0v) is 12.3. The van der Waals surface area contributed by atoms with Gasteiger partial charge in [0.1, 0.15) is 5.75 Å². The molecule has 0 aliphatic heterocycles. The first-order valence-electron chi connectivity index (χ1n) is 6.81. The molecule has 0 unspecified atom stereocenters. The normalized spacial score (nSPS) is 10.1. The van der Waals surface area contributed by atoms with Crippen LogP contribution in [0.1, 0.15) is 34.1 Å². The van der Waals surface area contributed by atoms with Gasteiger partial charge in [-0.1, -0.05) is 6.92 Å². The van der Waals surface area contributed by atoms with E-state index in [0.717, 1.165) is 6.07 Å². The van der Waals surface area contributed by atoms with Gasteiger partial charge in [0, 0.05) is 23.6 Å². The number of nitro benzene ring substituents is 1. The summed E-state index contributed by atoms with van der Waals surface area (Å²) in [7, 11) is 0. The van der Waals surface area contributed by atoms with Gasteiger partial charge in [-0.3, -0.25) is 19.7 Å². The molecular weight excluding hydrogens is 300 g/mol. The number of benzene rings is 2. The molecule has 0 saturated heterocycles. The van der Waals surface area contributed by atoms with E-state index in [2.05, 4.69) is 0 Å². The van der Waals surface area contributed by atoms with E-state index >= 15 is 0 Å². The van der Waals surface area contributed by atoms with Crippen LogP contribution in [-0.2, 0) is 0 Å². The Labute approximate surface area is 131 Å². The molecule has 0 aliphatic rings. The fraction of sp³-hybridized carbons (Fsp3) is 0.125. The van der Waals surface area contributed by atoms with Crippen molar-refractivity contribution >= 4 is 17.4 Å². The summed E-state index contributed by atoms with van der Waals surface area (Å²) in [5, 5.41) is 11.1. The maximum atomic E-state index is 11.6. The molecule has 0 saturated carbocycles. The Bertz CT molecular complexity index is 769. The molecule has 0 spiro atoms. The van der Waals surface area contributed by atoms with Crippen molar-refractivity contribution in [3.05, 3.63) is 63.7 Å². The van der Waals surface area contributed by atoms with Gasteiger partial charge in [0.2, 0.25) is 11.7 Å². The predicted octanol–water partition coefficient (Wildman–Crippen LogP) is 3.08. The predicted molar refractivity (Wildman–Crippen MR) is 82.8 cm³/mol. The van der Waals surface area contributed by atoms with Crippen molar-refractivity contribution in [1.82, 2.24) is 0 Å². The largest absolute Gasteiger partial charge is 0.450 e. The maximum absolute atomic E-state index is 11.6. The molecule has 0 fully saturated rings. The molecule has 2 aromatic rings. The van der Waals surface area contributed by atoms with E-state index in [1.165, 1.54) is 12.1 Å². The third kappa shape index (κ3) is 3.70. The van der Waals surface area contributed by atoms with Crippen LogP contribution in [0, 0.1) is 10.1 Å². The van der Waals surface area contributed by atoms with Crippen LogP contribution in [0.4, 0.5) is 5.69 Å². The van der Waals surface area contributed by atoms with Gasteiger partial charge in [-0.25, -0.2) is 0 Å². The number of nitro groups is 1. The third-order valence-electron chi connectivity index (χ3n) is 3.17. The second-order valence-electron chi connectivity index (χ2n) is 4.71. The van der Waals surface area contributed by atoms with Crippen molar-refractivity contribution < 1.29 is 19.2 Å². The quantitative estimate of drug-likeness (QED) is 0.500. The van der Waals surface area contributed by atoms with Crippen LogP contribution < -0.4 is 10.5 Å². The van der Waals surface area contributed by atoms with Gasteiger partial charge in [-0.05, 0) is 36.4 Å². The zero-order valence-electron chi connectivity index (χ0n) is 12.3. The minimum absolute atomic E-state index is 0.00617. The van der Waals surface area contributed by atoms with E-state index in [0.29, 0.717) is 17.7 Å². The van der Waals surface area contributed by atoms with Crippen molar-refractivity contribution in [2.24, 2.45) is 5.73 Å². The van der Waals surface area contributed by atoms with Crippen molar-refractivity contribution in [2.45, 2.75) is 13.3 Å². The van der Waals surface area contributed by atoms with Crippen molar-refractivity contribution in [1.29, 1.82) is 0 Å². The van der Waals surface area contributed by atoms with Gasteiger partial charge in [0.05, 0.1) is 4.92 Å². The molecule has 0 aliphatic carbocycles. The Morgan fingerprint density at radius 1 is 1.13 bits per heavy atom. The molecular formula is C16H14N2O5. The lowest BCUT2D eigenvalue weighted by Gasteiger charge is -2.07. The fourth-order valence-electron chi connectivity index (χ4n) is 1.94. The molecule has 2 N–H and O–H groups in total. The van der Waals surface area contributed by atoms with Crippen LogP contribution in [-0.4, -0.2) is 16.6 Å². The van der Waals surface area contributed by atoms with Gasteiger partial charge >= 0.3 is 5.69 Å². The molecule has 0 heterocycles. The third-order valence-corrected chi connectivity index (χ3v) is 3.17. The van der Waals surface area contributed by atoms with Crippen LogP contribution in [0.3, 0.4) is 0 Å². The average Bonchev–Trinajstić information content (AvgIpc) is 2.54. The summed E-state index contributed by atoms with van der Waals surface area (Å²) in [6.45, 7) is 1.76. The standard InChI is InChI=1S/C16H14N2O5/c1-2-14(19)10-3-6-12(7-4-10)23-15-8-5-11(16(17)20)9-13(15)18(21)22/h3-9H,2H2,1H3,(H2,17,20). The van der Waals surface area contributed by atoms with Gasteiger partial charge in [-0.15, -0.1) is 0 Å². The number of hydrogen-bond acceptors (Lipinski definition) is 5. The Hall–Kier alpha value is -3.22. The Morgan fingerprint density at radius 3 is 2.26 bits per heavy atom. The summed E-state index contributed by atoms with van der Waals surface area (Å²) in [5.41, 5.74) is 5.31. The van der Waals surface area contributed by atoms with Crippen LogP contribution in [0.2, 0.25) is 0 Å². The first kappa shape index (κ1) is 16.2. The minimum atomic E-state index is -0.762. The van der Waals surface area contributed by atoms with Crippen LogP contribution >= 0.6 is 0 Å². The number of carbonyl (C=O) groups is 2. The molecule has 0 aromatic heterocycles. The number of rotatable bonds is 6. The monoisotopic (exact) mass is 314 g/mol. The average molecular weight is 314 g/mol. The number of hydrogen-bond donors (Lipinski definition) is 1. The molecule has 2 rings (SSSR count). The lowest BCUT2D eigenvalue weighted by molar-refractivity contribution is -0.385. The van der Waals surface area contributed by atoms with Crippen LogP contribution in [0.5, 0.6) is 11.5 Å². The van der Waals surface area contributed by atoms with Gasteiger partial charge in [-0.2, -0.15) is 0 Å². The van der Waals surface area contributed by atoms with Crippen LogP contribution in [0.25, 0.3) is 0 Å². The highest BCUT2D eigenvalue weighted by Gasteiger charge is 2.18. The van der Waals surface area contributed by atoms with Crippen molar-refractivity contribution in [3.63, 3.8) is 0 Å². The summed E-state index contributed by atoms with van der Waals surface area (Å²) in [5.74, 6) is -0.447. The maximum Gasteiger partial charge on any atom is 0.312 e.